The van der Waals surface area contributed by atoms with E-state index in [1.807, 2.05) is 25.4 Å². The molecule has 1 heterocycles. The summed E-state index contributed by atoms with van der Waals surface area (Å²) < 4.78 is 0. The van der Waals surface area contributed by atoms with Gasteiger partial charge < -0.3 is 0 Å². The average Bonchev–Trinajstić information content (AvgIpc) is 2.61. The number of allylic oxidation sites excluding steroid dienone is 1. The number of carbonyl (C=O) groups is 1. The molecule has 0 amide bonds. The fourth-order valence-corrected chi connectivity index (χ4v) is 1.97. The molecule has 0 saturated heterocycles. The first-order valence-corrected chi connectivity index (χ1v) is 6.05. The lowest BCUT2D eigenvalue weighted by Gasteiger charge is -2.01. The van der Waals surface area contributed by atoms with E-state index in [4.69, 9.17) is 0 Å². The molecule has 0 atom stereocenters. The van der Waals surface area contributed by atoms with Crippen molar-refractivity contribution in [2.24, 2.45) is 5.92 Å². The van der Waals surface area contributed by atoms with Gasteiger partial charge in [0.2, 0.25) is 0 Å². The Balaban J connectivity index is 2.81. The predicted molar refractivity (Wildman–Crippen MR) is 65.1 cm³/mol. The fraction of sp³-hybridized carbons (Fsp3) is 0.500. The fourth-order valence-electron chi connectivity index (χ4n) is 1.17. The van der Waals surface area contributed by atoms with E-state index in [-0.39, 0.29) is 11.7 Å². The van der Waals surface area contributed by atoms with Crippen molar-refractivity contribution in [1.29, 1.82) is 0 Å². The largest absolute Gasteiger partial charge is 0.295 e. The van der Waals surface area contributed by atoms with Crippen molar-refractivity contribution in [2.75, 3.05) is 0 Å². The molecule has 82 valence electrons. The summed E-state index contributed by atoms with van der Waals surface area (Å²) in [6.07, 6.45) is 3.46. The maximum atomic E-state index is 11.4. The Labute approximate surface area is 95.0 Å². The van der Waals surface area contributed by atoms with E-state index >= 15 is 0 Å². The molecule has 0 bridgehead atoms. The topological polar surface area (TPSA) is 30.0 Å². The molecule has 0 aliphatic rings. The predicted octanol–water partition coefficient (Wildman–Crippen LogP) is 3.50. The van der Waals surface area contributed by atoms with Crippen LogP contribution in [-0.2, 0) is 4.79 Å². The third-order valence-corrected chi connectivity index (χ3v) is 3.27. The Kier molecular flexibility index (Phi) is 4.21. The summed E-state index contributed by atoms with van der Waals surface area (Å²) in [6.45, 7) is 8.07. The highest BCUT2D eigenvalue weighted by Crippen LogP contribution is 2.24. The minimum Gasteiger partial charge on any atom is -0.295 e. The van der Waals surface area contributed by atoms with Crippen molar-refractivity contribution < 1.29 is 4.79 Å². The first-order chi connectivity index (χ1) is 7.02. The lowest BCUT2D eigenvalue weighted by Crippen LogP contribution is -2.02. The lowest BCUT2D eigenvalue weighted by molar-refractivity contribution is -0.117. The lowest BCUT2D eigenvalue weighted by atomic mass is 10.1. The molecule has 0 aliphatic heterocycles. The number of ketones is 1. The minimum atomic E-state index is 0.0578. The van der Waals surface area contributed by atoms with Crippen LogP contribution in [0.25, 0.3) is 6.08 Å². The van der Waals surface area contributed by atoms with Crippen LogP contribution in [0, 0.1) is 5.92 Å². The molecule has 0 N–H and O–H groups in total. The number of thiazole rings is 1. The van der Waals surface area contributed by atoms with Gasteiger partial charge in [-0.05, 0) is 18.1 Å². The van der Waals surface area contributed by atoms with Gasteiger partial charge in [-0.2, -0.15) is 0 Å². The number of hydrogen-bond acceptors (Lipinski definition) is 3. The summed E-state index contributed by atoms with van der Waals surface area (Å²) in [7, 11) is 0. The highest BCUT2D eigenvalue weighted by molar-refractivity contribution is 7.09. The van der Waals surface area contributed by atoms with E-state index in [9.17, 15) is 4.79 Å². The highest BCUT2D eigenvalue weighted by atomic mass is 32.1. The van der Waals surface area contributed by atoms with Gasteiger partial charge in [-0.3, -0.25) is 4.79 Å². The highest BCUT2D eigenvalue weighted by Gasteiger charge is 2.08. The van der Waals surface area contributed by atoms with E-state index in [1.165, 1.54) is 4.88 Å². The molecule has 0 spiro atoms. The Morgan fingerprint density at radius 3 is 2.60 bits per heavy atom. The molecule has 1 aromatic heterocycles. The number of nitrogens with zero attached hydrogens (tertiary/aromatic N) is 1. The summed E-state index contributed by atoms with van der Waals surface area (Å²) in [4.78, 5) is 16.9. The molecule has 0 aliphatic carbocycles. The molecule has 0 radical (unpaired) electrons. The maximum absolute atomic E-state index is 11.4. The van der Waals surface area contributed by atoms with Crippen LogP contribution in [0.5, 0.6) is 0 Å². The number of hydrogen-bond donors (Lipinski definition) is 0. The van der Waals surface area contributed by atoms with Gasteiger partial charge in [-0.15, -0.1) is 11.3 Å². The minimum absolute atomic E-state index is 0.0578. The first-order valence-electron chi connectivity index (χ1n) is 5.17. The molecule has 1 aromatic rings. The Hall–Kier alpha value is -0.960. The van der Waals surface area contributed by atoms with Gasteiger partial charge in [0.1, 0.15) is 0 Å². The first kappa shape index (κ1) is 12.1. The van der Waals surface area contributed by atoms with E-state index in [0.29, 0.717) is 5.92 Å². The summed E-state index contributed by atoms with van der Waals surface area (Å²) in [5.74, 6) is 0.673. The third kappa shape index (κ3) is 3.27. The Bertz CT molecular complexity index is 363. The van der Waals surface area contributed by atoms with Crippen molar-refractivity contribution in [3.63, 3.8) is 0 Å². The van der Waals surface area contributed by atoms with Crippen LogP contribution in [0.15, 0.2) is 11.6 Å². The Morgan fingerprint density at radius 2 is 2.07 bits per heavy atom. The van der Waals surface area contributed by atoms with Crippen LogP contribution >= 0.6 is 11.3 Å². The summed E-state index contributed by atoms with van der Waals surface area (Å²) in [5.41, 5.74) is 2.76. The maximum Gasteiger partial charge on any atom is 0.158 e. The van der Waals surface area contributed by atoms with Crippen molar-refractivity contribution >= 4 is 23.2 Å². The molecule has 0 saturated carbocycles. The van der Waals surface area contributed by atoms with Gasteiger partial charge in [0, 0.05) is 10.8 Å². The molecule has 3 heteroatoms. The van der Waals surface area contributed by atoms with Crippen LogP contribution in [0.4, 0.5) is 0 Å². The normalized spacial score (nSPS) is 11.9. The van der Waals surface area contributed by atoms with Crippen molar-refractivity contribution in [3.8, 4) is 0 Å². The molecular formula is C12H17NOS. The average molecular weight is 223 g/mol. The number of carbonyl (C=O) groups excluding carboxylic acids is 1. The molecule has 15 heavy (non-hydrogen) atoms. The molecule has 2 nitrogen and oxygen atoms in total. The standard InChI is InChI=1S/C12H17NOS/c1-8(2)11(14)6-5-10-12(9(3)4)15-7-13-10/h5-9H,1-4H3. The molecular weight excluding hydrogens is 206 g/mol. The van der Waals surface area contributed by atoms with E-state index in [2.05, 4.69) is 18.8 Å². The van der Waals surface area contributed by atoms with E-state index in [1.54, 1.807) is 17.4 Å². The molecule has 1 rings (SSSR count). The van der Waals surface area contributed by atoms with Crippen LogP contribution < -0.4 is 0 Å². The molecule has 0 aromatic carbocycles. The zero-order valence-electron chi connectivity index (χ0n) is 9.65. The van der Waals surface area contributed by atoms with Crippen molar-refractivity contribution in [1.82, 2.24) is 4.98 Å². The van der Waals surface area contributed by atoms with E-state index < -0.39 is 0 Å². The zero-order chi connectivity index (χ0) is 11.4. The SMILES string of the molecule is CC(C)C(=O)C=Cc1ncsc1C(C)C. The van der Waals surface area contributed by atoms with Crippen LogP contribution in [0.1, 0.15) is 44.2 Å². The quantitative estimate of drug-likeness (QED) is 0.731. The van der Waals surface area contributed by atoms with Crippen molar-refractivity contribution in [3.05, 3.63) is 22.2 Å². The second kappa shape index (κ2) is 5.21. The third-order valence-electron chi connectivity index (χ3n) is 2.12. The monoisotopic (exact) mass is 223 g/mol. The van der Waals surface area contributed by atoms with Crippen molar-refractivity contribution in [2.45, 2.75) is 33.6 Å². The smallest absolute Gasteiger partial charge is 0.158 e. The van der Waals surface area contributed by atoms with Gasteiger partial charge in [0.05, 0.1) is 11.2 Å². The summed E-state index contributed by atoms with van der Waals surface area (Å²) >= 11 is 1.64. The van der Waals surface area contributed by atoms with Gasteiger partial charge in [0.25, 0.3) is 0 Å². The van der Waals surface area contributed by atoms with Gasteiger partial charge in [-0.25, -0.2) is 4.98 Å². The number of aromatic nitrogens is 1. The van der Waals surface area contributed by atoms with Gasteiger partial charge >= 0.3 is 0 Å². The second-order valence-electron chi connectivity index (χ2n) is 4.15. The summed E-state index contributed by atoms with van der Waals surface area (Å²) in [6, 6.07) is 0. The number of rotatable bonds is 4. The summed E-state index contributed by atoms with van der Waals surface area (Å²) in [5, 5.41) is 0. The van der Waals surface area contributed by atoms with Crippen LogP contribution in [0.2, 0.25) is 0 Å². The van der Waals surface area contributed by atoms with Crippen LogP contribution in [0.3, 0.4) is 0 Å². The molecule has 0 unspecified atom stereocenters. The zero-order valence-corrected chi connectivity index (χ0v) is 10.5. The van der Waals surface area contributed by atoms with Gasteiger partial charge in [0.15, 0.2) is 5.78 Å². The molecule has 0 fully saturated rings. The van der Waals surface area contributed by atoms with E-state index in [0.717, 1.165) is 5.69 Å². The van der Waals surface area contributed by atoms with Crippen LogP contribution in [-0.4, -0.2) is 10.8 Å². The van der Waals surface area contributed by atoms with Gasteiger partial charge in [-0.1, -0.05) is 27.7 Å². The Morgan fingerprint density at radius 1 is 1.40 bits per heavy atom. The second-order valence-corrected chi connectivity index (χ2v) is 5.03.